The van der Waals surface area contributed by atoms with Gasteiger partial charge in [0.25, 0.3) is 0 Å². The number of nitrogen functional groups attached to an aromatic ring is 1. The molecule has 0 bridgehead atoms. The van der Waals surface area contributed by atoms with E-state index in [9.17, 15) is 0 Å². The van der Waals surface area contributed by atoms with Crippen LogP contribution in [0.3, 0.4) is 0 Å². The lowest BCUT2D eigenvalue weighted by Crippen LogP contribution is -2.39. The van der Waals surface area contributed by atoms with Crippen molar-refractivity contribution in [1.29, 1.82) is 0 Å². The van der Waals surface area contributed by atoms with Crippen LogP contribution in [-0.2, 0) is 0 Å². The Morgan fingerprint density at radius 2 is 1.89 bits per heavy atom. The molecule has 18 heavy (non-hydrogen) atoms. The smallest absolute Gasteiger partial charge is 0.142 e. The van der Waals surface area contributed by atoms with Gasteiger partial charge in [-0.05, 0) is 43.9 Å². The molecular weight excluding hydrogens is 248 g/mol. The molecule has 1 heterocycles. The normalized spacial score (nSPS) is 22.1. The Balaban J connectivity index is 1.56. The van der Waals surface area contributed by atoms with E-state index in [1.165, 1.54) is 12.8 Å². The lowest BCUT2D eigenvalue weighted by atomic mass is 10.1. The highest BCUT2D eigenvalue weighted by Gasteiger charge is 2.32. The second kappa shape index (κ2) is 4.98. The highest BCUT2D eigenvalue weighted by atomic mass is 35.5. The Morgan fingerprint density at radius 3 is 2.50 bits per heavy atom. The first kappa shape index (κ1) is 12.1. The summed E-state index contributed by atoms with van der Waals surface area (Å²) >= 11 is 5.88. The van der Waals surface area contributed by atoms with Crippen molar-refractivity contribution in [3.63, 3.8) is 0 Å². The molecule has 1 saturated carbocycles. The molecule has 2 N–H and O–H groups in total. The second-order valence-electron chi connectivity index (χ2n) is 5.27. The van der Waals surface area contributed by atoms with E-state index in [2.05, 4.69) is 4.90 Å². The maximum atomic E-state index is 5.98. The highest BCUT2D eigenvalue weighted by Crippen LogP contribution is 2.31. The van der Waals surface area contributed by atoms with Crippen molar-refractivity contribution in [3.05, 3.63) is 23.2 Å². The summed E-state index contributed by atoms with van der Waals surface area (Å²) in [5.74, 6) is 0.768. The molecule has 1 aliphatic carbocycles. The molecule has 2 aliphatic rings. The zero-order chi connectivity index (χ0) is 12.5. The lowest BCUT2D eigenvalue weighted by Gasteiger charge is -2.32. The molecule has 3 nitrogen and oxygen atoms in total. The van der Waals surface area contributed by atoms with Gasteiger partial charge in [0, 0.05) is 24.2 Å². The standard InChI is InChI=1S/C14H19ClN2O/c15-10-1-4-14(13(16)9-10)18-12-5-7-17(8-6-12)11-2-3-11/h1,4,9,11-12H,2-3,5-8,16H2. The van der Waals surface area contributed by atoms with Gasteiger partial charge >= 0.3 is 0 Å². The van der Waals surface area contributed by atoms with Crippen LogP contribution in [0.1, 0.15) is 25.7 Å². The summed E-state index contributed by atoms with van der Waals surface area (Å²) in [4.78, 5) is 2.59. The van der Waals surface area contributed by atoms with E-state index in [1.807, 2.05) is 12.1 Å². The SMILES string of the molecule is Nc1cc(Cl)ccc1OC1CCN(C2CC2)CC1. The van der Waals surface area contributed by atoms with Crippen LogP contribution in [0.5, 0.6) is 5.75 Å². The maximum absolute atomic E-state index is 5.98. The van der Waals surface area contributed by atoms with Crippen molar-refractivity contribution in [3.8, 4) is 5.75 Å². The second-order valence-corrected chi connectivity index (χ2v) is 5.70. The number of nitrogens with two attached hydrogens (primary N) is 1. The minimum Gasteiger partial charge on any atom is -0.488 e. The Kier molecular flexibility index (Phi) is 3.35. The van der Waals surface area contributed by atoms with Gasteiger partial charge in [0.15, 0.2) is 0 Å². The molecule has 0 unspecified atom stereocenters. The first-order chi connectivity index (χ1) is 8.72. The van der Waals surface area contributed by atoms with Crippen molar-refractivity contribution >= 4 is 17.3 Å². The topological polar surface area (TPSA) is 38.5 Å². The van der Waals surface area contributed by atoms with Crippen LogP contribution in [0, 0.1) is 0 Å². The van der Waals surface area contributed by atoms with Gasteiger partial charge in [0.2, 0.25) is 0 Å². The fraction of sp³-hybridized carbons (Fsp3) is 0.571. The molecule has 3 rings (SSSR count). The van der Waals surface area contributed by atoms with E-state index in [-0.39, 0.29) is 0 Å². The van der Waals surface area contributed by atoms with E-state index in [1.54, 1.807) is 6.07 Å². The van der Waals surface area contributed by atoms with Gasteiger partial charge in [0.05, 0.1) is 5.69 Å². The van der Waals surface area contributed by atoms with Crippen LogP contribution >= 0.6 is 11.6 Å². The Hall–Kier alpha value is -0.930. The maximum Gasteiger partial charge on any atom is 0.142 e. The number of anilines is 1. The average molecular weight is 267 g/mol. The summed E-state index contributed by atoms with van der Waals surface area (Å²) in [5, 5.41) is 0.656. The lowest BCUT2D eigenvalue weighted by molar-refractivity contribution is 0.0971. The highest BCUT2D eigenvalue weighted by molar-refractivity contribution is 6.30. The van der Waals surface area contributed by atoms with Gasteiger partial charge in [0.1, 0.15) is 11.9 Å². The number of benzene rings is 1. The molecular formula is C14H19ClN2O. The summed E-state index contributed by atoms with van der Waals surface area (Å²) in [6.07, 6.45) is 5.26. The van der Waals surface area contributed by atoms with E-state index >= 15 is 0 Å². The molecule has 98 valence electrons. The fourth-order valence-electron chi connectivity index (χ4n) is 2.60. The van der Waals surface area contributed by atoms with Crippen molar-refractivity contribution in [2.75, 3.05) is 18.8 Å². The predicted molar refractivity (Wildman–Crippen MR) is 74.1 cm³/mol. The van der Waals surface area contributed by atoms with Crippen molar-refractivity contribution < 1.29 is 4.74 Å². The minimum atomic E-state index is 0.295. The Bertz CT molecular complexity index is 426. The number of hydrogen-bond donors (Lipinski definition) is 1. The van der Waals surface area contributed by atoms with Gasteiger partial charge in [-0.25, -0.2) is 0 Å². The van der Waals surface area contributed by atoms with Gasteiger partial charge in [-0.1, -0.05) is 11.6 Å². The van der Waals surface area contributed by atoms with Crippen LogP contribution in [0.15, 0.2) is 18.2 Å². The Morgan fingerprint density at radius 1 is 1.17 bits per heavy atom. The molecule has 2 fully saturated rings. The Labute approximate surface area is 113 Å². The molecule has 4 heteroatoms. The minimum absolute atomic E-state index is 0.295. The zero-order valence-electron chi connectivity index (χ0n) is 10.4. The number of rotatable bonds is 3. The number of piperidine rings is 1. The van der Waals surface area contributed by atoms with Crippen LogP contribution in [0.2, 0.25) is 5.02 Å². The third-order valence-corrected chi connectivity index (χ3v) is 4.04. The zero-order valence-corrected chi connectivity index (χ0v) is 11.2. The van der Waals surface area contributed by atoms with E-state index in [0.29, 0.717) is 16.8 Å². The average Bonchev–Trinajstić information content (AvgIpc) is 3.18. The van der Waals surface area contributed by atoms with Crippen LogP contribution in [0.25, 0.3) is 0 Å². The first-order valence-electron chi connectivity index (χ1n) is 6.68. The number of hydrogen-bond acceptors (Lipinski definition) is 3. The molecule has 0 amide bonds. The monoisotopic (exact) mass is 266 g/mol. The summed E-state index contributed by atoms with van der Waals surface area (Å²) in [7, 11) is 0. The van der Waals surface area contributed by atoms with E-state index in [0.717, 1.165) is 37.7 Å². The molecule has 0 radical (unpaired) electrons. The van der Waals surface area contributed by atoms with Crippen molar-refractivity contribution in [2.24, 2.45) is 0 Å². The number of halogens is 1. The summed E-state index contributed by atoms with van der Waals surface area (Å²) in [6.45, 7) is 2.31. The summed E-state index contributed by atoms with van der Waals surface area (Å²) in [5.41, 5.74) is 6.54. The van der Waals surface area contributed by atoms with Crippen LogP contribution in [-0.4, -0.2) is 30.1 Å². The van der Waals surface area contributed by atoms with Crippen molar-refractivity contribution in [2.45, 2.75) is 37.8 Å². The molecule has 1 aliphatic heterocycles. The molecule has 0 aromatic heterocycles. The van der Waals surface area contributed by atoms with E-state index < -0.39 is 0 Å². The van der Waals surface area contributed by atoms with Gasteiger partial charge < -0.3 is 15.4 Å². The molecule has 1 saturated heterocycles. The molecule has 0 atom stereocenters. The van der Waals surface area contributed by atoms with E-state index in [4.69, 9.17) is 22.1 Å². The number of ether oxygens (including phenoxy) is 1. The first-order valence-corrected chi connectivity index (χ1v) is 7.06. The number of nitrogens with zero attached hydrogens (tertiary/aromatic N) is 1. The van der Waals surface area contributed by atoms with Crippen molar-refractivity contribution in [1.82, 2.24) is 4.90 Å². The quantitative estimate of drug-likeness (QED) is 0.855. The summed E-state index contributed by atoms with van der Waals surface area (Å²) in [6, 6.07) is 6.31. The van der Waals surface area contributed by atoms with Gasteiger partial charge in [-0.3, -0.25) is 0 Å². The number of likely N-dealkylation sites (tertiary alicyclic amines) is 1. The largest absolute Gasteiger partial charge is 0.488 e. The molecule has 0 spiro atoms. The third-order valence-electron chi connectivity index (χ3n) is 3.81. The molecule has 1 aromatic carbocycles. The van der Waals surface area contributed by atoms with Gasteiger partial charge in [-0.2, -0.15) is 0 Å². The predicted octanol–water partition coefficient (Wildman–Crippen LogP) is 2.93. The summed E-state index contributed by atoms with van der Waals surface area (Å²) < 4.78 is 5.98. The van der Waals surface area contributed by atoms with Crippen LogP contribution in [0.4, 0.5) is 5.69 Å². The van der Waals surface area contributed by atoms with Gasteiger partial charge in [-0.15, -0.1) is 0 Å². The molecule has 1 aromatic rings. The third kappa shape index (κ3) is 2.73. The van der Waals surface area contributed by atoms with Crippen LogP contribution < -0.4 is 10.5 Å². The fourth-order valence-corrected chi connectivity index (χ4v) is 2.79.